The second kappa shape index (κ2) is 8.29. The van der Waals surface area contributed by atoms with Gasteiger partial charge >= 0.3 is 12.5 Å². The average Bonchev–Trinajstić information content (AvgIpc) is 3.48. The topological polar surface area (TPSA) is 101 Å². The monoisotopic (exact) mass is 487 g/mol. The molecule has 0 radical (unpaired) electrons. The molecule has 3 heterocycles. The second-order valence-electron chi connectivity index (χ2n) is 8.79. The van der Waals surface area contributed by atoms with Crippen LogP contribution in [0.15, 0.2) is 54.2 Å². The molecule has 2 aromatic carbocycles. The summed E-state index contributed by atoms with van der Waals surface area (Å²) in [5.74, 6) is -0.509. The first kappa shape index (κ1) is 22.7. The largest absolute Gasteiger partial charge is 0.573 e. The van der Waals surface area contributed by atoms with Gasteiger partial charge in [0.1, 0.15) is 17.9 Å². The van der Waals surface area contributed by atoms with Crippen LogP contribution in [0, 0.1) is 5.41 Å². The molecule has 1 aromatic heterocycles. The van der Waals surface area contributed by atoms with Gasteiger partial charge in [0, 0.05) is 36.8 Å². The van der Waals surface area contributed by atoms with Crippen molar-refractivity contribution in [2.75, 3.05) is 19.6 Å². The van der Waals surface area contributed by atoms with Crippen molar-refractivity contribution in [3.8, 4) is 5.75 Å². The zero-order valence-corrected chi connectivity index (χ0v) is 18.5. The van der Waals surface area contributed by atoms with Gasteiger partial charge in [-0.15, -0.1) is 18.3 Å². The average molecular weight is 487 g/mol. The fraction of sp³-hybridized carbons (Fsp3) is 0.304. The normalized spacial score (nSPS) is 19.6. The Morgan fingerprint density at radius 3 is 2.63 bits per heavy atom. The molecule has 1 saturated heterocycles. The number of benzene rings is 2. The van der Waals surface area contributed by atoms with Crippen LogP contribution < -0.4 is 4.74 Å². The first-order chi connectivity index (χ1) is 16.6. The maximum absolute atomic E-state index is 13.0. The number of hydrogen-bond donors (Lipinski definition) is 1. The molecule has 9 nitrogen and oxygen atoms in total. The van der Waals surface area contributed by atoms with Gasteiger partial charge in [0.05, 0.1) is 5.52 Å². The van der Waals surface area contributed by atoms with Crippen molar-refractivity contribution < 1.29 is 32.2 Å². The summed E-state index contributed by atoms with van der Waals surface area (Å²) in [7, 11) is 0. The number of carbonyl (C=O) groups excluding carboxylic acids is 2. The highest BCUT2D eigenvalue weighted by Crippen LogP contribution is 2.41. The van der Waals surface area contributed by atoms with Crippen molar-refractivity contribution in [3.63, 3.8) is 0 Å². The summed E-state index contributed by atoms with van der Waals surface area (Å²) < 4.78 is 46.0. The number of H-pyrrole nitrogens is 1. The van der Waals surface area contributed by atoms with Crippen molar-refractivity contribution in [3.05, 3.63) is 65.4 Å². The molecule has 1 N–H and O–H groups in total. The van der Waals surface area contributed by atoms with E-state index in [4.69, 9.17) is 4.74 Å². The summed E-state index contributed by atoms with van der Waals surface area (Å²) in [4.78, 5) is 28.8. The summed E-state index contributed by atoms with van der Waals surface area (Å²) in [6.07, 6.45) is -3.52. The number of likely N-dealkylation sites (tertiary alicyclic amines) is 1. The Morgan fingerprint density at radius 2 is 1.91 bits per heavy atom. The Labute approximate surface area is 197 Å². The van der Waals surface area contributed by atoms with Gasteiger partial charge in [-0.2, -0.15) is 0 Å². The molecule has 2 aliphatic heterocycles. The van der Waals surface area contributed by atoms with Crippen LogP contribution in [0.5, 0.6) is 5.75 Å². The number of alkyl halides is 3. The first-order valence-electron chi connectivity index (χ1n) is 10.7. The molecule has 1 fully saturated rings. The van der Waals surface area contributed by atoms with Crippen molar-refractivity contribution >= 4 is 23.0 Å². The number of hydrogen-bond acceptors (Lipinski definition) is 6. The molecule has 5 rings (SSSR count). The molecule has 0 spiro atoms. The minimum Gasteiger partial charge on any atom is -0.445 e. The zero-order valence-electron chi connectivity index (χ0n) is 18.5. The molecule has 2 aliphatic rings. The Kier molecular flexibility index (Phi) is 5.37. The minimum atomic E-state index is -4.77. The molecule has 0 saturated carbocycles. The summed E-state index contributed by atoms with van der Waals surface area (Å²) >= 11 is 0. The van der Waals surface area contributed by atoms with Crippen molar-refractivity contribution in [1.29, 1.82) is 0 Å². The van der Waals surface area contributed by atoms with E-state index in [9.17, 15) is 22.8 Å². The van der Waals surface area contributed by atoms with Crippen LogP contribution in [0.3, 0.4) is 0 Å². The standard InChI is InChI=1S/C23H20F3N5O4/c1-22-12-30(20(32)15-4-7-18-19(8-15)28-29-27-18)9-16(22)10-31(13-22)21(33)34-11-14-2-5-17(6-3-14)35-23(24,25)26/h2-9H,10-13H2,1H3,(H,27,28,29). The van der Waals surface area contributed by atoms with E-state index in [0.717, 1.165) is 23.2 Å². The van der Waals surface area contributed by atoms with Crippen LogP contribution in [-0.2, 0) is 11.3 Å². The number of ether oxygens (including phenoxy) is 2. The van der Waals surface area contributed by atoms with Crippen molar-refractivity contribution in [2.45, 2.75) is 19.9 Å². The number of halogens is 3. The Bertz CT molecular complexity index is 1320. The third-order valence-corrected chi connectivity index (χ3v) is 6.12. The van der Waals surface area contributed by atoms with E-state index in [1.807, 2.05) is 6.92 Å². The predicted molar refractivity (Wildman–Crippen MR) is 116 cm³/mol. The van der Waals surface area contributed by atoms with Gasteiger partial charge in [0.15, 0.2) is 0 Å². The Hall–Kier alpha value is -4.09. The number of amides is 2. The van der Waals surface area contributed by atoms with Crippen molar-refractivity contribution in [2.24, 2.45) is 5.41 Å². The highest BCUT2D eigenvalue weighted by atomic mass is 19.4. The smallest absolute Gasteiger partial charge is 0.445 e. The van der Waals surface area contributed by atoms with E-state index in [1.165, 1.54) is 12.1 Å². The SMILES string of the molecule is CC12CN(C(=O)c3ccc4[nH]nnc4c3)C=C1CN(C(=O)OCc1ccc(OC(F)(F)F)cc1)C2. The number of fused-ring (bicyclic) bond motifs is 2. The molecule has 3 aromatic rings. The Balaban J connectivity index is 1.18. The fourth-order valence-corrected chi connectivity index (χ4v) is 4.36. The number of aromatic nitrogens is 3. The van der Waals surface area contributed by atoms with Crippen LogP contribution in [-0.4, -0.2) is 63.2 Å². The van der Waals surface area contributed by atoms with Gasteiger partial charge in [0.2, 0.25) is 0 Å². The highest BCUT2D eigenvalue weighted by Gasteiger charge is 2.46. The fourth-order valence-electron chi connectivity index (χ4n) is 4.36. The first-order valence-corrected chi connectivity index (χ1v) is 10.7. The third kappa shape index (κ3) is 4.63. The number of rotatable bonds is 4. The molecule has 1 unspecified atom stereocenters. The molecule has 1 atom stereocenters. The lowest BCUT2D eigenvalue weighted by atomic mass is 9.88. The van der Waals surface area contributed by atoms with Gasteiger partial charge in [-0.25, -0.2) is 4.79 Å². The zero-order chi connectivity index (χ0) is 24.8. The van der Waals surface area contributed by atoms with E-state index in [2.05, 4.69) is 20.1 Å². The summed E-state index contributed by atoms with van der Waals surface area (Å²) in [5.41, 5.74) is 2.91. The maximum atomic E-state index is 13.0. The summed E-state index contributed by atoms with van der Waals surface area (Å²) in [5, 5.41) is 10.4. The second-order valence-corrected chi connectivity index (χ2v) is 8.79. The maximum Gasteiger partial charge on any atom is 0.573 e. The molecule has 0 aliphatic carbocycles. The molecule has 182 valence electrons. The highest BCUT2D eigenvalue weighted by molar-refractivity contribution is 5.98. The lowest BCUT2D eigenvalue weighted by molar-refractivity contribution is -0.274. The van der Waals surface area contributed by atoms with Crippen LogP contribution in [0.4, 0.5) is 18.0 Å². The summed E-state index contributed by atoms with van der Waals surface area (Å²) in [6, 6.07) is 10.3. The van der Waals surface area contributed by atoms with Gasteiger partial charge < -0.3 is 19.3 Å². The van der Waals surface area contributed by atoms with Gasteiger partial charge in [-0.05, 0) is 41.5 Å². The van der Waals surface area contributed by atoms with Crippen molar-refractivity contribution in [1.82, 2.24) is 25.2 Å². The lowest BCUT2D eigenvalue weighted by Gasteiger charge is -2.25. The van der Waals surface area contributed by atoms with Crippen LogP contribution in [0.25, 0.3) is 11.0 Å². The number of carbonyl (C=O) groups is 2. The molecular formula is C23H20F3N5O4. The van der Waals surface area contributed by atoms with E-state index in [1.54, 1.807) is 34.2 Å². The van der Waals surface area contributed by atoms with Crippen LogP contribution >= 0.6 is 0 Å². The molecule has 0 bridgehead atoms. The van der Waals surface area contributed by atoms with Gasteiger partial charge in [-0.1, -0.05) is 24.3 Å². The van der Waals surface area contributed by atoms with E-state index < -0.39 is 17.9 Å². The van der Waals surface area contributed by atoms with Gasteiger partial charge in [0.25, 0.3) is 5.91 Å². The molecule has 12 heteroatoms. The lowest BCUT2D eigenvalue weighted by Crippen LogP contribution is -2.37. The molecular weight excluding hydrogens is 467 g/mol. The number of nitrogens with one attached hydrogen (secondary N) is 1. The van der Waals surface area contributed by atoms with Crippen LogP contribution in [0.2, 0.25) is 0 Å². The predicted octanol–water partition coefficient (Wildman–Crippen LogP) is 3.85. The van der Waals surface area contributed by atoms with Gasteiger partial charge in [-0.3, -0.25) is 9.89 Å². The Morgan fingerprint density at radius 1 is 1.14 bits per heavy atom. The van der Waals surface area contributed by atoms with Crippen LogP contribution in [0.1, 0.15) is 22.8 Å². The molecule has 35 heavy (non-hydrogen) atoms. The minimum absolute atomic E-state index is 0.0907. The van der Waals surface area contributed by atoms with E-state index in [-0.39, 0.29) is 18.3 Å². The third-order valence-electron chi connectivity index (χ3n) is 6.12. The van der Waals surface area contributed by atoms with E-state index >= 15 is 0 Å². The number of aromatic amines is 1. The number of nitrogens with zero attached hydrogens (tertiary/aromatic N) is 4. The van der Waals surface area contributed by atoms with E-state index in [0.29, 0.717) is 36.3 Å². The summed E-state index contributed by atoms with van der Waals surface area (Å²) in [6.45, 7) is 3.01. The molecule has 2 amide bonds. The quantitative estimate of drug-likeness (QED) is 0.600.